The van der Waals surface area contributed by atoms with E-state index in [1.807, 2.05) is 0 Å². The number of carbonyl (C=O) groups excluding carboxylic acids is 1. The summed E-state index contributed by atoms with van der Waals surface area (Å²) in [6, 6.07) is 5.11. The van der Waals surface area contributed by atoms with Gasteiger partial charge >= 0.3 is 0 Å². The highest BCUT2D eigenvalue weighted by atomic mass is 79.9. The normalized spacial score (nSPS) is 13.1. The van der Waals surface area contributed by atoms with Crippen LogP contribution < -0.4 is 14.8 Å². The van der Waals surface area contributed by atoms with E-state index >= 15 is 0 Å². The van der Waals surface area contributed by atoms with E-state index in [1.54, 1.807) is 18.2 Å². The number of amides is 1. The van der Waals surface area contributed by atoms with Crippen molar-refractivity contribution in [3.63, 3.8) is 0 Å². The molecule has 0 atom stereocenters. The molecule has 19 heavy (non-hydrogen) atoms. The highest BCUT2D eigenvalue weighted by Crippen LogP contribution is 2.38. The quantitative estimate of drug-likeness (QED) is 0.922. The van der Waals surface area contributed by atoms with Crippen LogP contribution in [0.4, 0.5) is 5.69 Å². The van der Waals surface area contributed by atoms with E-state index < -0.39 is 0 Å². The van der Waals surface area contributed by atoms with Crippen LogP contribution >= 0.6 is 15.9 Å². The lowest BCUT2D eigenvalue weighted by molar-refractivity contribution is 0.102. The third-order valence-corrected chi connectivity index (χ3v) is 3.32. The van der Waals surface area contributed by atoms with Gasteiger partial charge in [-0.1, -0.05) is 0 Å². The van der Waals surface area contributed by atoms with Crippen LogP contribution in [-0.2, 0) is 0 Å². The Bertz CT molecular complexity index is 609. The van der Waals surface area contributed by atoms with Crippen LogP contribution in [0.25, 0.3) is 0 Å². The molecule has 0 aliphatic carbocycles. The first-order valence-electron chi connectivity index (χ1n) is 5.67. The van der Waals surface area contributed by atoms with Crippen molar-refractivity contribution in [2.45, 2.75) is 0 Å². The van der Waals surface area contributed by atoms with E-state index in [4.69, 9.17) is 13.9 Å². The van der Waals surface area contributed by atoms with Crippen molar-refractivity contribution in [2.24, 2.45) is 0 Å². The number of carbonyl (C=O) groups is 1. The third-order valence-electron chi connectivity index (χ3n) is 2.66. The lowest BCUT2D eigenvalue weighted by Gasteiger charge is -2.20. The van der Waals surface area contributed by atoms with Crippen molar-refractivity contribution in [1.29, 1.82) is 0 Å². The number of fused-ring (bicyclic) bond motifs is 1. The largest absolute Gasteiger partial charge is 0.486 e. The highest BCUT2D eigenvalue weighted by molar-refractivity contribution is 9.10. The molecule has 0 radical (unpaired) electrons. The van der Waals surface area contributed by atoms with Gasteiger partial charge in [-0.15, -0.1) is 0 Å². The van der Waals surface area contributed by atoms with Crippen LogP contribution in [0.3, 0.4) is 0 Å². The summed E-state index contributed by atoms with van der Waals surface area (Å²) in [4.78, 5) is 11.9. The molecule has 5 nitrogen and oxygen atoms in total. The van der Waals surface area contributed by atoms with Gasteiger partial charge in [-0.05, 0) is 22.0 Å². The molecule has 0 fully saturated rings. The van der Waals surface area contributed by atoms with E-state index in [0.717, 1.165) is 4.47 Å². The molecule has 1 amide bonds. The molecule has 3 rings (SSSR count). The average molecular weight is 324 g/mol. The number of furan rings is 1. The summed E-state index contributed by atoms with van der Waals surface area (Å²) in [5, 5.41) is 2.78. The Hall–Kier alpha value is -1.95. The topological polar surface area (TPSA) is 60.7 Å². The zero-order chi connectivity index (χ0) is 13.2. The first-order valence-corrected chi connectivity index (χ1v) is 6.46. The van der Waals surface area contributed by atoms with Gasteiger partial charge < -0.3 is 19.2 Å². The fourth-order valence-electron chi connectivity index (χ4n) is 1.75. The zero-order valence-electron chi connectivity index (χ0n) is 9.81. The molecular weight excluding hydrogens is 314 g/mol. The maximum absolute atomic E-state index is 11.9. The van der Waals surface area contributed by atoms with E-state index in [0.29, 0.717) is 36.0 Å². The van der Waals surface area contributed by atoms with Crippen molar-refractivity contribution in [1.82, 2.24) is 0 Å². The number of rotatable bonds is 2. The molecule has 0 bridgehead atoms. The van der Waals surface area contributed by atoms with Crippen molar-refractivity contribution in [3.8, 4) is 11.5 Å². The van der Waals surface area contributed by atoms with Gasteiger partial charge in [0.2, 0.25) is 0 Å². The molecule has 2 heterocycles. The number of halogens is 1. The standard InChI is InChI=1S/C13H10BrNO4/c14-9-5-11-12(19-4-3-18-11)6-10(9)15-13(16)8-1-2-17-7-8/h1-2,5-7H,3-4H2,(H,15,16). The molecule has 0 saturated heterocycles. The number of benzene rings is 1. The minimum absolute atomic E-state index is 0.244. The van der Waals surface area contributed by atoms with Crippen LogP contribution in [0.2, 0.25) is 0 Å². The van der Waals surface area contributed by atoms with E-state index in [2.05, 4.69) is 21.2 Å². The first kappa shape index (κ1) is 12.1. The molecule has 1 aromatic heterocycles. The number of hydrogen-bond acceptors (Lipinski definition) is 4. The second kappa shape index (κ2) is 4.97. The van der Waals surface area contributed by atoms with Gasteiger partial charge in [0, 0.05) is 16.6 Å². The van der Waals surface area contributed by atoms with Gasteiger partial charge in [0.15, 0.2) is 11.5 Å². The van der Waals surface area contributed by atoms with Gasteiger partial charge in [0.05, 0.1) is 17.5 Å². The predicted octanol–water partition coefficient (Wildman–Crippen LogP) is 3.07. The van der Waals surface area contributed by atoms with E-state index in [-0.39, 0.29) is 5.91 Å². The predicted molar refractivity (Wildman–Crippen MR) is 71.8 cm³/mol. The Balaban J connectivity index is 1.87. The van der Waals surface area contributed by atoms with Crippen LogP contribution in [0.5, 0.6) is 11.5 Å². The van der Waals surface area contributed by atoms with Crippen LogP contribution in [0, 0.1) is 0 Å². The molecule has 1 aliphatic heterocycles. The summed E-state index contributed by atoms with van der Waals surface area (Å²) >= 11 is 3.39. The van der Waals surface area contributed by atoms with Crippen LogP contribution in [-0.4, -0.2) is 19.1 Å². The van der Waals surface area contributed by atoms with Gasteiger partial charge in [-0.2, -0.15) is 0 Å². The molecule has 2 aromatic rings. The van der Waals surface area contributed by atoms with E-state index in [1.165, 1.54) is 12.5 Å². The lowest BCUT2D eigenvalue weighted by atomic mass is 10.2. The minimum atomic E-state index is -0.244. The molecule has 1 aromatic carbocycles. The number of hydrogen-bond donors (Lipinski definition) is 1. The van der Waals surface area contributed by atoms with Gasteiger partial charge in [0.1, 0.15) is 19.5 Å². The Kier molecular flexibility index (Phi) is 3.16. The fourth-order valence-corrected chi connectivity index (χ4v) is 2.17. The summed E-state index contributed by atoms with van der Waals surface area (Å²) in [6.45, 7) is 1.03. The SMILES string of the molecule is O=C(Nc1cc2c(cc1Br)OCCO2)c1ccoc1. The first-order chi connectivity index (χ1) is 9.24. The fraction of sp³-hybridized carbons (Fsp3) is 0.154. The monoisotopic (exact) mass is 323 g/mol. The second-order valence-corrected chi connectivity index (χ2v) is 4.80. The molecule has 1 N–H and O–H groups in total. The molecule has 0 unspecified atom stereocenters. The Morgan fingerprint density at radius 2 is 1.95 bits per heavy atom. The molecular formula is C13H10BrNO4. The Morgan fingerprint density at radius 3 is 2.63 bits per heavy atom. The van der Waals surface area contributed by atoms with Crippen molar-refractivity contribution in [2.75, 3.05) is 18.5 Å². The molecule has 0 spiro atoms. The lowest BCUT2D eigenvalue weighted by Crippen LogP contribution is -2.16. The highest BCUT2D eigenvalue weighted by Gasteiger charge is 2.16. The maximum Gasteiger partial charge on any atom is 0.258 e. The van der Waals surface area contributed by atoms with Crippen molar-refractivity contribution < 1.29 is 18.7 Å². The summed E-state index contributed by atoms with van der Waals surface area (Å²) < 4.78 is 16.5. The third kappa shape index (κ3) is 2.44. The van der Waals surface area contributed by atoms with E-state index in [9.17, 15) is 4.79 Å². The zero-order valence-corrected chi connectivity index (χ0v) is 11.4. The molecule has 6 heteroatoms. The smallest absolute Gasteiger partial charge is 0.258 e. The summed E-state index contributed by atoms with van der Waals surface area (Å²) in [6.07, 6.45) is 2.84. The van der Waals surface area contributed by atoms with Crippen LogP contribution in [0.1, 0.15) is 10.4 Å². The van der Waals surface area contributed by atoms with Crippen molar-refractivity contribution in [3.05, 3.63) is 40.8 Å². The van der Waals surface area contributed by atoms with Gasteiger partial charge in [-0.3, -0.25) is 4.79 Å². The van der Waals surface area contributed by atoms with Crippen LogP contribution in [0.15, 0.2) is 39.6 Å². The van der Waals surface area contributed by atoms with Crippen molar-refractivity contribution >= 4 is 27.5 Å². The molecule has 1 aliphatic rings. The maximum atomic E-state index is 11.9. The summed E-state index contributed by atoms with van der Waals surface area (Å²) in [5.74, 6) is 1.04. The number of ether oxygens (including phenoxy) is 2. The summed E-state index contributed by atoms with van der Waals surface area (Å²) in [7, 11) is 0. The minimum Gasteiger partial charge on any atom is -0.486 e. The Morgan fingerprint density at radius 1 is 1.21 bits per heavy atom. The summed E-state index contributed by atoms with van der Waals surface area (Å²) in [5.41, 5.74) is 1.08. The van der Waals surface area contributed by atoms with Gasteiger partial charge in [0.25, 0.3) is 5.91 Å². The Labute approximate surface area is 117 Å². The number of anilines is 1. The molecule has 0 saturated carbocycles. The second-order valence-electron chi connectivity index (χ2n) is 3.94. The molecule has 98 valence electrons. The van der Waals surface area contributed by atoms with Gasteiger partial charge in [-0.25, -0.2) is 0 Å². The average Bonchev–Trinajstić information content (AvgIpc) is 2.93. The number of nitrogens with one attached hydrogen (secondary N) is 1.